The molecule has 1 rings (SSSR count). The van der Waals surface area contributed by atoms with E-state index in [1.807, 2.05) is 0 Å². The van der Waals surface area contributed by atoms with Gasteiger partial charge >= 0.3 is 0 Å². The quantitative estimate of drug-likeness (QED) is 0.335. The van der Waals surface area contributed by atoms with E-state index >= 15 is 0 Å². The molecule has 2 N–H and O–H groups in total. The lowest BCUT2D eigenvalue weighted by Crippen LogP contribution is -1.88. The van der Waals surface area contributed by atoms with Crippen LogP contribution in [-0.2, 0) is 6.42 Å². The highest BCUT2D eigenvalue weighted by molar-refractivity contribution is 5.42. The van der Waals surface area contributed by atoms with E-state index in [2.05, 4.69) is 6.92 Å². The van der Waals surface area contributed by atoms with Crippen molar-refractivity contribution in [3.63, 3.8) is 0 Å². The van der Waals surface area contributed by atoms with E-state index in [1.165, 1.54) is 83.5 Å². The first-order valence-electron chi connectivity index (χ1n) is 10.3. The highest BCUT2D eigenvalue weighted by atomic mass is 16.3. The first-order valence-corrected chi connectivity index (χ1v) is 10.3. The predicted octanol–water partition coefficient (Wildman–Crippen LogP) is 7.12. The molecular formula is C22H38O2. The molecule has 0 aliphatic carbocycles. The Morgan fingerprint density at radius 3 is 1.38 bits per heavy atom. The van der Waals surface area contributed by atoms with Gasteiger partial charge in [0, 0.05) is 5.56 Å². The van der Waals surface area contributed by atoms with Crippen molar-refractivity contribution in [2.24, 2.45) is 0 Å². The zero-order valence-electron chi connectivity index (χ0n) is 15.7. The second-order valence-corrected chi connectivity index (χ2v) is 7.12. The number of phenols is 2. The third-order valence-electron chi connectivity index (χ3n) is 4.91. The zero-order valence-corrected chi connectivity index (χ0v) is 15.7. The van der Waals surface area contributed by atoms with Gasteiger partial charge in [-0.2, -0.15) is 0 Å². The molecule has 0 aliphatic heterocycles. The Labute approximate surface area is 149 Å². The monoisotopic (exact) mass is 334 g/mol. The van der Waals surface area contributed by atoms with Crippen LogP contribution in [0, 0.1) is 0 Å². The van der Waals surface area contributed by atoms with E-state index in [-0.39, 0.29) is 11.5 Å². The summed E-state index contributed by atoms with van der Waals surface area (Å²) in [6.07, 6.45) is 19.6. The van der Waals surface area contributed by atoms with E-state index in [0.717, 1.165) is 12.8 Å². The fourth-order valence-corrected chi connectivity index (χ4v) is 3.32. The van der Waals surface area contributed by atoms with Gasteiger partial charge in [-0.15, -0.1) is 0 Å². The molecule has 2 heteroatoms. The van der Waals surface area contributed by atoms with E-state index in [9.17, 15) is 10.2 Å². The zero-order chi connectivity index (χ0) is 17.5. The second kappa shape index (κ2) is 14.2. The van der Waals surface area contributed by atoms with Crippen LogP contribution in [0.1, 0.15) is 102 Å². The summed E-state index contributed by atoms with van der Waals surface area (Å²) in [7, 11) is 0. The molecule has 0 atom stereocenters. The summed E-state index contributed by atoms with van der Waals surface area (Å²) in [6, 6.07) is 4.98. The molecule has 0 unspecified atom stereocenters. The van der Waals surface area contributed by atoms with Crippen molar-refractivity contribution < 1.29 is 10.2 Å². The van der Waals surface area contributed by atoms with Gasteiger partial charge in [0.25, 0.3) is 0 Å². The van der Waals surface area contributed by atoms with Gasteiger partial charge in [0.2, 0.25) is 0 Å². The van der Waals surface area contributed by atoms with Gasteiger partial charge in [0.05, 0.1) is 0 Å². The molecule has 0 amide bonds. The third kappa shape index (κ3) is 9.85. The lowest BCUT2D eigenvalue weighted by atomic mass is 10.0. The number of hydrogen-bond donors (Lipinski definition) is 2. The average Bonchev–Trinajstić information content (AvgIpc) is 2.57. The van der Waals surface area contributed by atoms with Crippen molar-refractivity contribution in [2.45, 2.75) is 103 Å². The lowest BCUT2D eigenvalue weighted by molar-refractivity contribution is 0.435. The van der Waals surface area contributed by atoms with Gasteiger partial charge in [-0.3, -0.25) is 0 Å². The molecule has 1 aromatic rings. The first kappa shape index (κ1) is 20.9. The Morgan fingerprint density at radius 2 is 0.958 bits per heavy atom. The normalized spacial score (nSPS) is 11.0. The van der Waals surface area contributed by atoms with Crippen LogP contribution in [0.2, 0.25) is 0 Å². The van der Waals surface area contributed by atoms with E-state index in [4.69, 9.17) is 0 Å². The minimum absolute atomic E-state index is 0.227. The summed E-state index contributed by atoms with van der Waals surface area (Å²) in [6.45, 7) is 2.27. The maximum atomic E-state index is 9.74. The maximum absolute atomic E-state index is 9.74. The van der Waals surface area contributed by atoms with Gasteiger partial charge in [-0.1, -0.05) is 96.5 Å². The molecule has 0 saturated carbocycles. The number of rotatable bonds is 15. The molecule has 24 heavy (non-hydrogen) atoms. The van der Waals surface area contributed by atoms with E-state index in [0.29, 0.717) is 5.56 Å². The van der Waals surface area contributed by atoms with Gasteiger partial charge < -0.3 is 10.2 Å². The maximum Gasteiger partial charge on any atom is 0.122 e. The standard InChI is InChI=1S/C22H38O2/c1-2-3-4-5-6-7-8-9-10-11-12-13-14-15-17-20-21(23)18-16-19-22(20)24/h16,18-19,23-24H,2-15,17H2,1H3. The molecule has 0 bridgehead atoms. The molecule has 2 nitrogen and oxygen atoms in total. The summed E-state index contributed by atoms with van der Waals surface area (Å²) >= 11 is 0. The predicted molar refractivity (Wildman–Crippen MR) is 104 cm³/mol. The number of benzene rings is 1. The van der Waals surface area contributed by atoms with Crippen LogP contribution in [0.15, 0.2) is 18.2 Å². The Balaban J connectivity index is 1.86. The van der Waals surface area contributed by atoms with Crippen molar-refractivity contribution in [1.82, 2.24) is 0 Å². The van der Waals surface area contributed by atoms with Crippen molar-refractivity contribution in [3.05, 3.63) is 23.8 Å². The Bertz CT molecular complexity index is 394. The van der Waals surface area contributed by atoms with Gasteiger partial charge in [0.1, 0.15) is 11.5 Å². The van der Waals surface area contributed by atoms with Crippen LogP contribution in [-0.4, -0.2) is 10.2 Å². The Hall–Kier alpha value is -1.18. The van der Waals surface area contributed by atoms with Crippen LogP contribution in [0.5, 0.6) is 11.5 Å². The molecule has 0 saturated heterocycles. The number of aromatic hydroxyl groups is 2. The molecule has 0 fully saturated rings. The third-order valence-corrected chi connectivity index (χ3v) is 4.91. The molecule has 0 heterocycles. The van der Waals surface area contributed by atoms with Gasteiger partial charge in [0.15, 0.2) is 0 Å². The fraction of sp³-hybridized carbons (Fsp3) is 0.727. The van der Waals surface area contributed by atoms with Crippen molar-refractivity contribution in [2.75, 3.05) is 0 Å². The van der Waals surface area contributed by atoms with Crippen LogP contribution in [0.25, 0.3) is 0 Å². The Kier molecular flexibility index (Phi) is 12.3. The lowest BCUT2D eigenvalue weighted by Gasteiger charge is -2.07. The summed E-state index contributed by atoms with van der Waals surface area (Å²) in [5, 5.41) is 19.5. The number of hydrogen-bond acceptors (Lipinski definition) is 2. The first-order chi connectivity index (χ1) is 11.8. The Morgan fingerprint density at radius 1 is 0.583 bits per heavy atom. The molecule has 0 aliphatic rings. The van der Waals surface area contributed by atoms with Crippen LogP contribution in [0.3, 0.4) is 0 Å². The van der Waals surface area contributed by atoms with Gasteiger partial charge in [-0.25, -0.2) is 0 Å². The topological polar surface area (TPSA) is 40.5 Å². The molecule has 1 aromatic carbocycles. The number of phenolic OH excluding ortho intramolecular Hbond substituents is 2. The molecule has 0 spiro atoms. The fourth-order valence-electron chi connectivity index (χ4n) is 3.32. The molecule has 0 aromatic heterocycles. The van der Waals surface area contributed by atoms with E-state index in [1.54, 1.807) is 18.2 Å². The minimum atomic E-state index is 0.227. The van der Waals surface area contributed by atoms with Crippen LogP contribution >= 0.6 is 0 Å². The molecular weight excluding hydrogens is 296 g/mol. The summed E-state index contributed by atoms with van der Waals surface area (Å²) < 4.78 is 0. The van der Waals surface area contributed by atoms with Crippen molar-refractivity contribution in [1.29, 1.82) is 0 Å². The summed E-state index contributed by atoms with van der Waals surface area (Å²) in [4.78, 5) is 0. The highest BCUT2D eigenvalue weighted by Gasteiger charge is 2.05. The number of unbranched alkanes of at least 4 members (excludes halogenated alkanes) is 13. The van der Waals surface area contributed by atoms with Gasteiger partial charge in [-0.05, 0) is 25.0 Å². The average molecular weight is 335 g/mol. The SMILES string of the molecule is CCCCCCCCCCCCCCCCc1c(O)cccc1O. The molecule has 0 radical (unpaired) electrons. The van der Waals surface area contributed by atoms with Crippen LogP contribution < -0.4 is 0 Å². The second-order valence-electron chi connectivity index (χ2n) is 7.12. The smallest absolute Gasteiger partial charge is 0.122 e. The van der Waals surface area contributed by atoms with Crippen LogP contribution in [0.4, 0.5) is 0 Å². The summed E-state index contributed by atoms with van der Waals surface area (Å²) in [5.74, 6) is 0.453. The molecule has 138 valence electrons. The van der Waals surface area contributed by atoms with E-state index < -0.39 is 0 Å². The highest BCUT2D eigenvalue weighted by Crippen LogP contribution is 2.28. The minimum Gasteiger partial charge on any atom is -0.508 e. The largest absolute Gasteiger partial charge is 0.508 e. The van der Waals surface area contributed by atoms with Crippen molar-refractivity contribution in [3.8, 4) is 11.5 Å². The summed E-state index contributed by atoms with van der Waals surface area (Å²) in [5.41, 5.74) is 0.705. The van der Waals surface area contributed by atoms with Crippen molar-refractivity contribution >= 4 is 0 Å².